The van der Waals surface area contributed by atoms with E-state index in [-0.39, 0.29) is 18.0 Å². The van der Waals surface area contributed by atoms with Crippen molar-refractivity contribution in [3.05, 3.63) is 65.9 Å². The molecule has 0 bridgehead atoms. The lowest BCUT2D eigenvalue weighted by Crippen LogP contribution is -2.50. The summed E-state index contributed by atoms with van der Waals surface area (Å²) in [5.41, 5.74) is 0.302. The van der Waals surface area contributed by atoms with Gasteiger partial charge in [-0.15, -0.1) is 0 Å². The third-order valence-electron chi connectivity index (χ3n) is 5.43. The van der Waals surface area contributed by atoms with Crippen LogP contribution in [-0.4, -0.2) is 45.1 Å². The summed E-state index contributed by atoms with van der Waals surface area (Å²) in [6.45, 7) is 4.23. The van der Waals surface area contributed by atoms with Crippen molar-refractivity contribution >= 4 is 10.0 Å². The average Bonchev–Trinajstić information content (AvgIpc) is 3.29. The van der Waals surface area contributed by atoms with E-state index in [2.05, 4.69) is 10.2 Å². The first-order valence-electron chi connectivity index (χ1n) is 9.83. The zero-order chi connectivity index (χ0) is 23.6. The van der Waals surface area contributed by atoms with Crippen LogP contribution in [0.15, 0.2) is 75.4 Å². The first kappa shape index (κ1) is 24.1. The Morgan fingerprint density at radius 1 is 1.00 bits per heavy atom. The van der Waals surface area contributed by atoms with Gasteiger partial charge in [0, 0.05) is 13.7 Å². The van der Waals surface area contributed by atoms with Gasteiger partial charge >= 0.3 is 6.18 Å². The third-order valence-corrected chi connectivity index (χ3v) is 7.52. The molecule has 0 aliphatic carbocycles. The van der Waals surface area contributed by atoms with Crippen LogP contribution >= 0.6 is 0 Å². The zero-order valence-corrected chi connectivity index (χ0v) is 18.7. The van der Waals surface area contributed by atoms with E-state index in [4.69, 9.17) is 4.74 Å². The van der Waals surface area contributed by atoms with Gasteiger partial charge in [-0.3, -0.25) is 0 Å². The van der Waals surface area contributed by atoms with E-state index < -0.39 is 27.3 Å². The van der Waals surface area contributed by atoms with E-state index >= 15 is 0 Å². The van der Waals surface area contributed by atoms with Gasteiger partial charge in [0.1, 0.15) is 0 Å². The molecule has 32 heavy (non-hydrogen) atoms. The molecule has 0 saturated heterocycles. The van der Waals surface area contributed by atoms with Gasteiger partial charge in [-0.1, -0.05) is 24.3 Å². The molecule has 1 heterocycles. The maximum Gasteiger partial charge on any atom is 0.416 e. The van der Waals surface area contributed by atoms with Crippen molar-refractivity contribution in [2.24, 2.45) is 10.2 Å². The fourth-order valence-corrected chi connectivity index (χ4v) is 5.22. The molecule has 0 unspecified atom stereocenters. The molecule has 1 aliphatic heterocycles. The summed E-state index contributed by atoms with van der Waals surface area (Å²) in [5.74, 6) is 0. The monoisotopic (exact) mass is 467 g/mol. The number of hydrogen-bond donors (Lipinski definition) is 0. The lowest BCUT2D eigenvalue weighted by Gasteiger charge is -2.38. The standard InChI is InChI=1S/C22H24F3N3O3S/c1-21(2,19-14-26-27-15-19)28(12-13-31-3)32(29,30)20-10-6-17(7-11-20)16-4-8-18(9-5-16)22(23,24)25/h4-11,14H,12-13,15H2,1-3H3. The minimum absolute atomic E-state index is 0.0739. The summed E-state index contributed by atoms with van der Waals surface area (Å²) >= 11 is 0. The summed E-state index contributed by atoms with van der Waals surface area (Å²) in [6, 6.07) is 10.8. The smallest absolute Gasteiger partial charge is 0.383 e. The molecule has 0 saturated carbocycles. The van der Waals surface area contributed by atoms with Crippen LogP contribution < -0.4 is 0 Å². The van der Waals surface area contributed by atoms with Gasteiger partial charge in [-0.2, -0.15) is 27.7 Å². The maximum atomic E-state index is 13.5. The van der Waals surface area contributed by atoms with E-state index in [1.54, 1.807) is 32.2 Å². The number of ether oxygens (including phenoxy) is 1. The predicted octanol–water partition coefficient (Wildman–Crippen LogP) is 5.14. The number of methoxy groups -OCH3 is 1. The first-order valence-corrected chi connectivity index (χ1v) is 11.3. The maximum absolute atomic E-state index is 13.5. The second-order valence-electron chi connectivity index (χ2n) is 7.80. The lowest BCUT2D eigenvalue weighted by atomic mass is 9.95. The SMILES string of the molecule is COCCN(C(C)(C)C1=CN=NC1)S(=O)(=O)c1ccc(-c2ccc(C(F)(F)F)cc2)cc1. The summed E-state index contributed by atoms with van der Waals surface area (Å²) in [6.07, 6.45) is -2.84. The van der Waals surface area contributed by atoms with E-state index in [1.807, 2.05) is 0 Å². The Morgan fingerprint density at radius 2 is 1.56 bits per heavy atom. The molecule has 172 valence electrons. The van der Waals surface area contributed by atoms with Crippen LogP contribution in [0, 0.1) is 0 Å². The fourth-order valence-electron chi connectivity index (χ4n) is 3.45. The van der Waals surface area contributed by atoms with Crippen LogP contribution in [0.4, 0.5) is 13.2 Å². The van der Waals surface area contributed by atoms with Crippen LogP contribution in [0.1, 0.15) is 19.4 Å². The Morgan fingerprint density at radius 3 is 2.03 bits per heavy atom. The zero-order valence-electron chi connectivity index (χ0n) is 17.9. The quantitative estimate of drug-likeness (QED) is 0.540. The Kier molecular flexibility index (Phi) is 6.87. The Bertz CT molecular complexity index is 1110. The number of sulfonamides is 1. The summed E-state index contributed by atoms with van der Waals surface area (Å²) in [4.78, 5) is 0.0739. The highest BCUT2D eigenvalue weighted by Crippen LogP contribution is 2.34. The van der Waals surface area contributed by atoms with E-state index in [1.165, 1.54) is 35.7 Å². The molecule has 2 aromatic rings. The second kappa shape index (κ2) is 9.13. The molecule has 1 aliphatic rings. The fraction of sp³-hybridized carbons (Fsp3) is 0.364. The van der Waals surface area contributed by atoms with Crippen molar-refractivity contribution in [2.45, 2.75) is 30.5 Å². The molecule has 2 aromatic carbocycles. The predicted molar refractivity (Wildman–Crippen MR) is 115 cm³/mol. The molecule has 3 rings (SSSR count). The van der Waals surface area contributed by atoms with Crippen molar-refractivity contribution in [3.8, 4) is 11.1 Å². The highest BCUT2D eigenvalue weighted by Gasteiger charge is 2.40. The van der Waals surface area contributed by atoms with Gasteiger partial charge in [0.15, 0.2) is 0 Å². The van der Waals surface area contributed by atoms with Crippen molar-refractivity contribution < 1.29 is 26.3 Å². The van der Waals surface area contributed by atoms with E-state index in [0.717, 1.165) is 17.7 Å². The van der Waals surface area contributed by atoms with Gasteiger partial charge in [0.25, 0.3) is 0 Å². The number of hydrogen-bond acceptors (Lipinski definition) is 5. The van der Waals surface area contributed by atoms with E-state index in [0.29, 0.717) is 17.7 Å². The molecule has 0 amide bonds. The molecular weight excluding hydrogens is 443 g/mol. The van der Waals surface area contributed by atoms with Gasteiger partial charge < -0.3 is 4.74 Å². The Labute approximate surface area is 185 Å². The third kappa shape index (κ3) is 4.92. The molecule has 0 atom stereocenters. The summed E-state index contributed by atoms with van der Waals surface area (Å²) in [7, 11) is -2.42. The van der Waals surface area contributed by atoms with Gasteiger partial charge in [-0.25, -0.2) is 8.42 Å². The second-order valence-corrected chi connectivity index (χ2v) is 9.66. The normalized spacial score (nSPS) is 14.8. The van der Waals surface area contributed by atoms with Crippen LogP contribution in [-0.2, 0) is 20.9 Å². The molecule has 6 nitrogen and oxygen atoms in total. The molecule has 0 fully saturated rings. The van der Waals surface area contributed by atoms with Crippen molar-refractivity contribution in [3.63, 3.8) is 0 Å². The van der Waals surface area contributed by atoms with Crippen molar-refractivity contribution in [1.29, 1.82) is 0 Å². The number of nitrogens with zero attached hydrogens (tertiary/aromatic N) is 3. The average molecular weight is 468 g/mol. The Balaban J connectivity index is 1.91. The molecular formula is C22H24F3N3O3S. The number of benzene rings is 2. The largest absolute Gasteiger partial charge is 0.416 e. The first-order chi connectivity index (χ1) is 15.0. The van der Waals surface area contributed by atoms with Crippen LogP contribution in [0.2, 0.25) is 0 Å². The van der Waals surface area contributed by atoms with E-state index in [9.17, 15) is 21.6 Å². The minimum Gasteiger partial charge on any atom is -0.383 e. The van der Waals surface area contributed by atoms with Gasteiger partial charge in [-0.05, 0) is 54.8 Å². The topological polar surface area (TPSA) is 71.3 Å². The molecule has 0 radical (unpaired) electrons. The number of azo groups is 1. The number of alkyl halides is 3. The number of halogens is 3. The van der Waals surface area contributed by atoms with Crippen LogP contribution in [0.25, 0.3) is 11.1 Å². The van der Waals surface area contributed by atoms with Gasteiger partial charge in [0.05, 0.1) is 35.3 Å². The van der Waals surface area contributed by atoms with Crippen molar-refractivity contribution in [2.75, 3.05) is 26.8 Å². The number of rotatable bonds is 8. The highest BCUT2D eigenvalue weighted by atomic mass is 32.2. The lowest BCUT2D eigenvalue weighted by molar-refractivity contribution is -0.137. The summed E-state index contributed by atoms with van der Waals surface area (Å²) < 4.78 is 71.8. The van der Waals surface area contributed by atoms with Gasteiger partial charge in [0.2, 0.25) is 10.0 Å². The molecule has 10 heteroatoms. The molecule has 0 aromatic heterocycles. The summed E-state index contributed by atoms with van der Waals surface area (Å²) in [5, 5.41) is 7.78. The Hall–Kier alpha value is -2.56. The van der Waals surface area contributed by atoms with Crippen LogP contribution in [0.5, 0.6) is 0 Å². The molecule has 0 spiro atoms. The highest BCUT2D eigenvalue weighted by molar-refractivity contribution is 7.89. The van der Waals surface area contributed by atoms with Crippen LogP contribution in [0.3, 0.4) is 0 Å². The minimum atomic E-state index is -4.41. The van der Waals surface area contributed by atoms with Crippen molar-refractivity contribution in [1.82, 2.24) is 4.31 Å². The molecule has 0 N–H and O–H groups in total.